The van der Waals surface area contributed by atoms with E-state index >= 15 is 0 Å². The van der Waals surface area contributed by atoms with Gasteiger partial charge in [0.2, 0.25) is 0 Å². The Kier molecular flexibility index (Phi) is 5.11. The molecule has 0 aromatic carbocycles. The molecule has 2 saturated carbocycles. The standard InChI is InChI=1S/C30H46O7/c1-15-7-9-21-17(3)23(32-25-29(21)19(15)11-13-27(5,34-25)36-29)31-24-18(4)22-10-8-16(2)20-12-14-28(6)35-26(33-24)30(20,22)37-28/h15-26H,7-14H2,1-6H3/t15-,16-,17-,18-,19+,20+,21+,22+,23+,24+,25-,26-,27-,28-,29-,30-/m1/s1. The summed E-state index contributed by atoms with van der Waals surface area (Å²) in [7, 11) is 0. The van der Waals surface area contributed by atoms with Crippen LogP contribution in [0.15, 0.2) is 0 Å². The molecule has 0 N–H and O–H groups in total. The van der Waals surface area contributed by atoms with Crippen LogP contribution in [0, 0.1) is 47.3 Å². The van der Waals surface area contributed by atoms with Gasteiger partial charge in [-0.15, -0.1) is 0 Å². The van der Waals surface area contributed by atoms with Crippen molar-refractivity contribution < 1.29 is 33.2 Å². The van der Waals surface area contributed by atoms with Crippen LogP contribution in [0.25, 0.3) is 0 Å². The molecule has 0 unspecified atom stereocenters. The molecule has 4 bridgehead atoms. The second-order valence-corrected chi connectivity index (χ2v) is 14.6. The predicted octanol–water partition coefficient (Wildman–Crippen LogP) is 5.56. The summed E-state index contributed by atoms with van der Waals surface area (Å²) in [4.78, 5) is 0. The maximum atomic E-state index is 6.85. The van der Waals surface area contributed by atoms with Crippen molar-refractivity contribution in [2.75, 3.05) is 0 Å². The highest BCUT2D eigenvalue weighted by molar-refractivity contribution is 5.14. The zero-order chi connectivity index (χ0) is 25.5. The summed E-state index contributed by atoms with van der Waals surface area (Å²) in [5, 5.41) is 0. The predicted molar refractivity (Wildman–Crippen MR) is 133 cm³/mol. The lowest BCUT2D eigenvalue weighted by molar-refractivity contribution is -0.402. The minimum absolute atomic E-state index is 0.193. The van der Waals surface area contributed by atoms with E-state index in [0.29, 0.717) is 35.5 Å². The minimum Gasteiger partial charge on any atom is -0.338 e. The van der Waals surface area contributed by atoms with Gasteiger partial charge in [0, 0.05) is 36.5 Å². The number of hydrogen-bond acceptors (Lipinski definition) is 7. The van der Waals surface area contributed by atoms with E-state index in [1.165, 1.54) is 12.8 Å². The highest BCUT2D eigenvalue weighted by atomic mass is 16.9. The lowest BCUT2D eigenvalue weighted by Crippen LogP contribution is -2.68. The van der Waals surface area contributed by atoms with Crippen molar-refractivity contribution >= 4 is 0 Å². The third-order valence-electron chi connectivity index (χ3n) is 12.5. The summed E-state index contributed by atoms with van der Waals surface area (Å²) in [6.45, 7) is 13.5. The van der Waals surface area contributed by atoms with Crippen molar-refractivity contribution in [3.8, 4) is 0 Å². The number of hydrogen-bond donors (Lipinski definition) is 0. The Balaban J connectivity index is 1.08. The van der Waals surface area contributed by atoms with Gasteiger partial charge in [-0.1, -0.05) is 27.7 Å². The topological polar surface area (TPSA) is 64.6 Å². The Bertz CT molecular complexity index is 886. The molecule has 0 aromatic rings. The highest BCUT2D eigenvalue weighted by Gasteiger charge is 2.74. The third kappa shape index (κ3) is 3.03. The fourth-order valence-electron chi connectivity index (χ4n) is 10.7. The van der Waals surface area contributed by atoms with Gasteiger partial charge in [0.05, 0.1) is 0 Å². The fourth-order valence-corrected chi connectivity index (χ4v) is 10.7. The molecule has 2 spiro atoms. The van der Waals surface area contributed by atoms with Crippen LogP contribution in [0.5, 0.6) is 0 Å². The second kappa shape index (κ2) is 7.71. The fraction of sp³-hybridized carbons (Fsp3) is 1.00. The molecule has 8 aliphatic rings. The SMILES string of the molecule is C[C@H]1[C@@H](O[C@H]2O[C@@H]3O[C@@]4(C)CC[C@H]5[C@H](C)CC[C@@H]([C@H]2C)[C@@]35O4)O[C@@H]2O[C@@]3(C)CC[C@H]4[C@H](C)CC[C@@H]1[C@@]24O3. The maximum Gasteiger partial charge on any atom is 0.193 e. The van der Waals surface area contributed by atoms with Gasteiger partial charge in [0.15, 0.2) is 36.7 Å². The highest BCUT2D eigenvalue weighted by Crippen LogP contribution is 2.66. The Labute approximate surface area is 221 Å². The van der Waals surface area contributed by atoms with Crippen molar-refractivity contribution in [1.29, 1.82) is 0 Å². The van der Waals surface area contributed by atoms with Crippen LogP contribution in [0.2, 0.25) is 0 Å². The number of fused-ring (bicyclic) bond motifs is 2. The summed E-state index contributed by atoms with van der Waals surface area (Å²) < 4.78 is 47.1. The minimum atomic E-state index is -0.554. The van der Waals surface area contributed by atoms with Gasteiger partial charge in [-0.2, -0.15) is 0 Å². The summed E-state index contributed by atoms with van der Waals surface area (Å²) >= 11 is 0. The summed E-state index contributed by atoms with van der Waals surface area (Å²) in [6, 6.07) is 0. The molecule has 2 aliphatic carbocycles. The van der Waals surface area contributed by atoms with Crippen LogP contribution in [0.3, 0.4) is 0 Å². The molecule has 6 aliphatic heterocycles. The van der Waals surface area contributed by atoms with Gasteiger partial charge in [-0.05, 0) is 76.0 Å². The van der Waals surface area contributed by atoms with E-state index < -0.39 is 24.2 Å². The molecule has 0 radical (unpaired) electrons. The lowest BCUT2D eigenvalue weighted by Gasteiger charge is -2.60. The van der Waals surface area contributed by atoms with Gasteiger partial charge < -0.3 is 33.2 Å². The van der Waals surface area contributed by atoms with Gasteiger partial charge in [0.1, 0.15) is 11.2 Å². The van der Waals surface area contributed by atoms with E-state index in [2.05, 4.69) is 41.5 Å². The maximum absolute atomic E-state index is 6.85. The Hall–Kier alpha value is -0.280. The van der Waals surface area contributed by atoms with E-state index in [-0.39, 0.29) is 35.6 Å². The van der Waals surface area contributed by atoms with E-state index in [1.807, 2.05) is 0 Å². The first-order chi connectivity index (χ1) is 17.6. The molecule has 0 amide bonds. The van der Waals surface area contributed by atoms with Crippen molar-refractivity contribution in [2.24, 2.45) is 47.3 Å². The quantitative estimate of drug-likeness (QED) is 0.474. The van der Waals surface area contributed by atoms with Crippen LogP contribution < -0.4 is 0 Å². The number of ether oxygens (including phenoxy) is 7. The average Bonchev–Trinajstić information content (AvgIpc) is 3.20. The summed E-state index contributed by atoms with van der Waals surface area (Å²) in [5.41, 5.74) is -0.707. The molecule has 6 saturated heterocycles. The van der Waals surface area contributed by atoms with Crippen LogP contribution in [0.1, 0.15) is 92.9 Å². The van der Waals surface area contributed by atoms with E-state index in [1.54, 1.807) is 0 Å². The van der Waals surface area contributed by atoms with Gasteiger partial charge in [-0.3, -0.25) is 0 Å². The monoisotopic (exact) mass is 518 g/mol. The first-order valence-electron chi connectivity index (χ1n) is 15.3. The van der Waals surface area contributed by atoms with Crippen LogP contribution >= 0.6 is 0 Å². The third-order valence-corrected chi connectivity index (χ3v) is 12.5. The smallest absolute Gasteiger partial charge is 0.193 e. The van der Waals surface area contributed by atoms with Gasteiger partial charge in [-0.25, -0.2) is 0 Å². The molecule has 0 aromatic heterocycles. The van der Waals surface area contributed by atoms with Crippen molar-refractivity contribution in [3.05, 3.63) is 0 Å². The molecule has 37 heavy (non-hydrogen) atoms. The molecular formula is C30H46O7. The van der Waals surface area contributed by atoms with E-state index in [9.17, 15) is 0 Å². The van der Waals surface area contributed by atoms with E-state index in [4.69, 9.17) is 33.2 Å². The molecule has 208 valence electrons. The second-order valence-electron chi connectivity index (χ2n) is 14.6. The Morgan fingerprint density at radius 1 is 0.568 bits per heavy atom. The van der Waals surface area contributed by atoms with Crippen molar-refractivity contribution in [2.45, 2.75) is 141 Å². The summed E-state index contributed by atoms with van der Waals surface area (Å²) in [6.07, 6.45) is 7.33. The molecule has 6 heterocycles. The average molecular weight is 519 g/mol. The largest absolute Gasteiger partial charge is 0.338 e. The van der Waals surface area contributed by atoms with Crippen LogP contribution in [-0.4, -0.2) is 47.9 Å². The molecule has 16 atom stereocenters. The molecule has 8 fully saturated rings. The van der Waals surface area contributed by atoms with Gasteiger partial charge >= 0.3 is 0 Å². The lowest BCUT2D eigenvalue weighted by atomic mass is 9.57. The van der Waals surface area contributed by atoms with E-state index in [0.717, 1.165) is 38.5 Å². The van der Waals surface area contributed by atoms with Crippen LogP contribution in [0.4, 0.5) is 0 Å². The molecular weight excluding hydrogens is 472 g/mol. The van der Waals surface area contributed by atoms with Crippen LogP contribution in [-0.2, 0) is 33.2 Å². The first kappa shape index (κ1) is 24.5. The normalized spacial score (nSPS) is 65.7. The first-order valence-corrected chi connectivity index (χ1v) is 15.3. The number of rotatable bonds is 2. The molecule has 7 nitrogen and oxygen atoms in total. The zero-order valence-electron chi connectivity index (χ0n) is 23.4. The Morgan fingerprint density at radius 2 is 1.00 bits per heavy atom. The molecule has 7 heteroatoms. The van der Waals surface area contributed by atoms with Crippen molar-refractivity contribution in [3.63, 3.8) is 0 Å². The Morgan fingerprint density at radius 3 is 1.43 bits per heavy atom. The molecule has 8 rings (SSSR count). The zero-order valence-corrected chi connectivity index (χ0v) is 23.4. The van der Waals surface area contributed by atoms with Crippen molar-refractivity contribution in [1.82, 2.24) is 0 Å². The summed E-state index contributed by atoms with van der Waals surface area (Å²) in [5.74, 6) is 2.19. The van der Waals surface area contributed by atoms with Gasteiger partial charge in [0.25, 0.3) is 0 Å².